The van der Waals surface area contributed by atoms with E-state index >= 15 is 0 Å². The van der Waals surface area contributed by atoms with Gasteiger partial charge in [0.25, 0.3) is 0 Å². The van der Waals surface area contributed by atoms with Crippen LogP contribution < -0.4 is 14.8 Å². The van der Waals surface area contributed by atoms with E-state index in [1.165, 1.54) is 43.5 Å². The third kappa shape index (κ3) is 4.67. The van der Waals surface area contributed by atoms with Crippen molar-refractivity contribution >= 4 is 33.2 Å². The van der Waals surface area contributed by atoms with E-state index in [1.807, 2.05) is 0 Å². The number of hydrogen-bond acceptors (Lipinski definition) is 4. The minimum absolute atomic E-state index is 0.0949. The van der Waals surface area contributed by atoms with Gasteiger partial charge in [-0.05, 0) is 36.4 Å². The fourth-order valence-corrected chi connectivity index (χ4v) is 3.28. The lowest BCUT2D eigenvalue weighted by Gasteiger charge is -2.11. The number of carbonyl (C=O) groups is 1. The molecule has 0 bridgehead atoms. The van der Waals surface area contributed by atoms with Gasteiger partial charge in [-0.1, -0.05) is 17.7 Å². The van der Waals surface area contributed by atoms with Crippen molar-refractivity contribution in [2.45, 2.75) is 4.90 Å². The van der Waals surface area contributed by atoms with E-state index in [-0.39, 0.29) is 21.4 Å². The number of anilines is 1. The number of methoxy groups -OCH3 is 1. The largest absolute Gasteiger partial charge is 0.495 e. The summed E-state index contributed by atoms with van der Waals surface area (Å²) in [7, 11) is -2.70. The number of nitrogens with one attached hydrogen (secondary N) is 2. The number of benzene rings is 2. The first-order valence-electron chi connectivity index (χ1n) is 6.70. The normalized spacial score (nSPS) is 11.1. The zero-order chi connectivity index (χ0) is 17.7. The van der Waals surface area contributed by atoms with Crippen LogP contribution in [-0.4, -0.2) is 28.0 Å². The molecule has 1 amide bonds. The Hall–Kier alpha value is -2.16. The van der Waals surface area contributed by atoms with E-state index in [2.05, 4.69) is 10.0 Å². The van der Waals surface area contributed by atoms with Crippen LogP contribution in [0.25, 0.3) is 0 Å². The predicted molar refractivity (Wildman–Crippen MR) is 88.2 cm³/mol. The quantitative estimate of drug-likeness (QED) is 0.815. The summed E-state index contributed by atoms with van der Waals surface area (Å²) in [6, 6.07) is 9.35. The molecule has 2 rings (SSSR count). The molecule has 2 aromatic carbocycles. The van der Waals surface area contributed by atoms with E-state index in [1.54, 1.807) is 0 Å². The molecule has 0 aliphatic heterocycles. The number of rotatable bonds is 6. The molecular weight excluding hydrogens is 359 g/mol. The molecule has 0 aromatic heterocycles. The maximum absolute atomic E-state index is 13.0. The highest BCUT2D eigenvalue weighted by Gasteiger charge is 2.21. The molecule has 0 saturated carbocycles. The molecule has 9 heteroatoms. The van der Waals surface area contributed by atoms with E-state index in [0.717, 1.165) is 6.07 Å². The van der Waals surface area contributed by atoms with Crippen LogP contribution in [0.5, 0.6) is 5.75 Å². The number of ether oxygens (including phenoxy) is 1. The van der Waals surface area contributed by atoms with Gasteiger partial charge in [0.15, 0.2) is 0 Å². The summed E-state index contributed by atoms with van der Waals surface area (Å²) < 4.78 is 44.7. The van der Waals surface area contributed by atoms with Gasteiger partial charge in [0, 0.05) is 10.7 Å². The van der Waals surface area contributed by atoms with E-state index < -0.39 is 28.3 Å². The maximum atomic E-state index is 13.0. The van der Waals surface area contributed by atoms with Crippen LogP contribution >= 0.6 is 11.6 Å². The van der Waals surface area contributed by atoms with E-state index in [0.29, 0.717) is 0 Å². The van der Waals surface area contributed by atoms with Gasteiger partial charge in [0.2, 0.25) is 15.9 Å². The molecule has 24 heavy (non-hydrogen) atoms. The highest BCUT2D eigenvalue weighted by Crippen LogP contribution is 2.26. The Morgan fingerprint density at radius 1 is 1.25 bits per heavy atom. The van der Waals surface area contributed by atoms with Crippen molar-refractivity contribution in [3.8, 4) is 5.75 Å². The number of halogens is 2. The number of carbonyl (C=O) groups excluding carboxylic acids is 1. The lowest BCUT2D eigenvalue weighted by Crippen LogP contribution is -2.33. The Morgan fingerprint density at radius 2 is 2.00 bits per heavy atom. The first-order chi connectivity index (χ1) is 11.3. The first-order valence-corrected chi connectivity index (χ1v) is 8.56. The molecule has 128 valence electrons. The van der Waals surface area contributed by atoms with Crippen LogP contribution in [0.1, 0.15) is 0 Å². The standard InChI is InChI=1S/C15H14ClFN2O4S/c1-23-13-6-5-10(16)7-14(13)24(21,22)18-9-15(20)19-12-4-2-3-11(17)8-12/h2-8,18H,9H2,1H3,(H,19,20). The van der Waals surface area contributed by atoms with Crippen LogP contribution in [0.15, 0.2) is 47.4 Å². The summed E-state index contributed by atoms with van der Waals surface area (Å²) in [6.07, 6.45) is 0. The van der Waals surface area contributed by atoms with Crippen molar-refractivity contribution in [1.82, 2.24) is 4.72 Å². The van der Waals surface area contributed by atoms with Crippen molar-refractivity contribution in [1.29, 1.82) is 0 Å². The fraction of sp³-hybridized carbons (Fsp3) is 0.133. The summed E-state index contributed by atoms with van der Waals surface area (Å²) in [4.78, 5) is 11.6. The highest BCUT2D eigenvalue weighted by molar-refractivity contribution is 7.89. The number of hydrogen-bond donors (Lipinski definition) is 2. The van der Waals surface area contributed by atoms with Crippen LogP contribution in [0.3, 0.4) is 0 Å². The van der Waals surface area contributed by atoms with Crippen LogP contribution in [0, 0.1) is 5.82 Å². The Kier molecular flexibility index (Phi) is 5.76. The maximum Gasteiger partial charge on any atom is 0.244 e. The van der Waals surface area contributed by atoms with Gasteiger partial charge in [-0.2, -0.15) is 0 Å². The minimum atomic E-state index is -4.02. The summed E-state index contributed by atoms with van der Waals surface area (Å²) in [6.45, 7) is -0.533. The van der Waals surface area contributed by atoms with Crippen molar-refractivity contribution in [2.24, 2.45) is 0 Å². The van der Waals surface area contributed by atoms with Gasteiger partial charge in [0.05, 0.1) is 13.7 Å². The van der Waals surface area contributed by atoms with E-state index in [9.17, 15) is 17.6 Å². The average Bonchev–Trinajstić information content (AvgIpc) is 2.53. The summed E-state index contributed by atoms with van der Waals surface area (Å²) in [5.74, 6) is -1.07. The fourth-order valence-electron chi connectivity index (χ4n) is 1.87. The molecule has 0 spiro atoms. The lowest BCUT2D eigenvalue weighted by atomic mass is 10.3. The molecule has 0 aliphatic carbocycles. The van der Waals surface area contributed by atoms with Gasteiger partial charge >= 0.3 is 0 Å². The lowest BCUT2D eigenvalue weighted by molar-refractivity contribution is -0.115. The Labute approximate surface area is 143 Å². The van der Waals surface area contributed by atoms with Crippen molar-refractivity contribution in [3.05, 3.63) is 53.3 Å². The van der Waals surface area contributed by atoms with E-state index in [4.69, 9.17) is 16.3 Å². The van der Waals surface area contributed by atoms with Gasteiger partial charge < -0.3 is 10.1 Å². The van der Waals surface area contributed by atoms with Crippen molar-refractivity contribution in [2.75, 3.05) is 19.0 Å². The minimum Gasteiger partial charge on any atom is -0.495 e. The van der Waals surface area contributed by atoms with Crippen LogP contribution in [0.2, 0.25) is 5.02 Å². The predicted octanol–water partition coefficient (Wildman–Crippen LogP) is 2.40. The van der Waals surface area contributed by atoms with Gasteiger partial charge in [0.1, 0.15) is 16.5 Å². The van der Waals surface area contributed by atoms with Crippen LogP contribution in [0.4, 0.5) is 10.1 Å². The molecule has 0 fully saturated rings. The Morgan fingerprint density at radius 3 is 2.67 bits per heavy atom. The molecule has 2 aromatic rings. The third-order valence-corrected chi connectivity index (χ3v) is 4.60. The molecule has 0 atom stereocenters. The summed E-state index contributed by atoms with van der Waals surface area (Å²) in [5.41, 5.74) is 0.222. The molecule has 0 radical (unpaired) electrons. The second-order valence-corrected chi connectivity index (χ2v) is 6.85. The monoisotopic (exact) mass is 372 g/mol. The molecule has 2 N–H and O–H groups in total. The van der Waals surface area contributed by atoms with Crippen molar-refractivity contribution in [3.63, 3.8) is 0 Å². The second kappa shape index (κ2) is 7.61. The molecular formula is C15H14ClFN2O4S. The molecule has 0 heterocycles. The number of amides is 1. The topological polar surface area (TPSA) is 84.5 Å². The smallest absolute Gasteiger partial charge is 0.244 e. The molecule has 0 aliphatic rings. The molecule has 0 saturated heterocycles. The second-order valence-electron chi connectivity index (χ2n) is 4.68. The van der Waals surface area contributed by atoms with Crippen molar-refractivity contribution < 1.29 is 22.3 Å². The van der Waals surface area contributed by atoms with Gasteiger partial charge in [-0.15, -0.1) is 0 Å². The summed E-state index contributed by atoms with van der Waals surface area (Å²) in [5, 5.41) is 2.59. The Balaban J connectivity index is 2.07. The SMILES string of the molecule is COc1ccc(Cl)cc1S(=O)(=O)NCC(=O)Nc1cccc(F)c1. The number of sulfonamides is 1. The first kappa shape index (κ1) is 18.2. The summed E-state index contributed by atoms with van der Waals surface area (Å²) >= 11 is 5.80. The van der Waals surface area contributed by atoms with Crippen LogP contribution in [-0.2, 0) is 14.8 Å². The average molecular weight is 373 g/mol. The molecule has 0 unspecified atom stereocenters. The Bertz CT molecular complexity index is 858. The molecule has 6 nitrogen and oxygen atoms in total. The highest BCUT2D eigenvalue weighted by atomic mass is 35.5. The van der Waals surface area contributed by atoms with Gasteiger partial charge in [-0.3, -0.25) is 4.79 Å². The zero-order valence-electron chi connectivity index (χ0n) is 12.5. The zero-order valence-corrected chi connectivity index (χ0v) is 14.1. The van der Waals surface area contributed by atoms with Gasteiger partial charge in [-0.25, -0.2) is 17.5 Å². The third-order valence-electron chi connectivity index (χ3n) is 2.95.